The van der Waals surface area contributed by atoms with E-state index in [2.05, 4.69) is 10.1 Å². The zero-order chi connectivity index (χ0) is 8.55. The number of nitrogens with zero attached hydrogens (tertiary/aromatic N) is 2. The van der Waals surface area contributed by atoms with Gasteiger partial charge in [0.1, 0.15) is 0 Å². The van der Waals surface area contributed by atoms with Gasteiger partial charge in [-0.15, -0.1) is 0 Å². The fourth-order valence-electron chi connectivity index (χ4n) is 1.46. The number of hydrogen-bond acceptors (Lipinski definition) is 4. The summed E-state index contributed by atoms with van der Waals surface area (Å²) in [6.07, 6.45) is 3.69. The van der Waals surface area contributed by atoms with Gasteiger partial charge in [0.25, 0.3) is 0 Å². The zero-order valence-electron chi connectivity index (χ0n) is 7.16. The molecule has 1 aliphatic rings. The molecule has 0 aromatic carbocycles. The molecule has 1 aromatic rings. The van der Waals surface area contributed by atoms with Crippen molar-refractivity contribution in [2.75, 3.05) is 0 Å². The van der Waals surface area contributed by atoms with Crippen molar-refractivity contribution >= 4 is 0 Å². The predicted octanol–water partition coefficient (Wildman–Crippen LogP) is 1.18. The van der Waals surface area contributed by atoms with Crippen molar-refractivity contribution in [2.45, 2.75) is 32.2 Å². The third kappa shape index (κ3) is 1.22. The molecule has 0 radical (unpaired) electrons. The molecule has 1 aromatic heterocycles. The van der Waals surface area contributed by atoms with Crippen molar-refractivity contribution in [1.29, 1.82) is 0 Å². The lowest BCUT2D eigenvalue weighted by molar-refractivity contribution is 0.252. The van der Waals surface area contributed by atoms with Crippen LogP contribution in [0.5, 0.6) is 0 Å². The highest BCUT2D eigenvalue weighted by molar-refractivity contribution is 4.96. The van der Waals surface area contributed by atoms with E-state index in [-0.39, 0.29) is 6.04 Å². The number of aryl methyl sites for hydroxylation is 1. The van der Waals surface area contributed by atoms with Gasteiger partial charge in [0.2, 0.25) is 5.89 Å². The van der Waals surface area contributed by atoms with Crippen LogP contribution in [0.3, 0.4) is 0 Å². The van der Waals surface area contributed by atoms with Gasteiger partial charge >= 0.3 is 0 Å². The topological polar surface area (TPSA) is 64.9 Å². The van der Waals surface area contributed by atoms with Crippen molar-refractivity contribution in [2.24, 2.45) is 11.7 Å². The Kier molecular flexibility index (Phi) is 1.84. The summed E-state index contributed by atoms with van der Waals surface area (Å²) in [5.74, 6) is 1.83. The molecule has 1 unspecified atom stereocenters. The van der Waals surface area contributed by atoms with Crippen LogP contribution in [0.4, 0.5) is 0 Å². The Bertz CT molecular complexity index is 267. The average molecular weight is 167 g/mol. The van der Waals surface area contributed by atoms with E-state index in [1.807, 2.05) is 0 Å². The highest BCUT2D eigenvalue weighted by Gasteiger charge is 2.28. The summed E-state index contributed by atoms with van der Waals surface area (Å²) in [5.41, 5.74) is 5.93. The minimum Gasteiger partial charge on any atom is -0.340 e. The third-order valence-corrected chi connectivity index (χ3v) is 2.50. The van der Waals surface area contributed by atoms with E-state index in [1.54, 1.807) is 6.92 Å². The van der Waals surface area contributed by atoms with Gasteiger partial charge in [0.05, 0.1) is 6.04 Å². The number of aromatic nitrogens is 2. The molecule has 1 saturated carbocycles. The summed E-state index contributed by atoms with van der Waals surface area (Å²) in [6, 6.07) is -0.0174. The lowest BCUT2D eigenvalue weighted by Gasteiger charge is -2.28. The van der Waals surface area contributed by atoms with Crippen molar-refractivity contribution in [3.63, 3.8) is 0 Å². The molecule has 1 fully saturated rings. The summed E-state index contributed by atoms with van der Waals surface area (Å²) >= 11 is 0. The lowest BCUT2D eigenvalue weighted by atomic mass is 9.80. The van der Waals surface area contributed by atoms with E-state index in [1.165, 1.54) is 19.3 Å². The van der Waals surface area contributed by atoms with Crippen molar-refractivity contribution in [3.8, 4) is 0 Å². The van der Waals surface area contributed by atoms with Gasteiger partial charge in [-0.05, 0) is 18.8 Å². The maximum Gasteiger partial charge on any atom is 0.223 e. The van der Waals surface area contributed by atoms with Gasteiger partial charge < -0.3 is 10.3 Å². The monoisotopic (exact) mass is 167 g/mol. The van der Waals surface area contributed by atoms with E-state index in [4.69, 9.17) is 10.3 Å². The first-order valence-corrected chi connectivity index (χ1v) is 4.33. The molecule has 1 heterocycles. The second kappa shape index (κ2) is 2.86. The van der Waals surface area contributed by atoms with E-state index < -0.39 is 0 Å². The van der Waals surface area contributed by atoms with Crippen LogP contribution in [-0.4, -0.2) is 10.1 Å². The van der Waals surface area contributed by atoms with Crippen molar-refractivity contribution in [1.82, 2.24) is 10.1 Å². The molecule has 0 aliphatic heterocycles. The van der Waals surface area contributed by atoms with E-state index in [9.17, 15) is 0 Å². The van der Waals surface area contributed by atoms with Gasteiger partial charge in [-0.3, -0.25) is 0 Å². The van der Waals surface area contributed by atoms with E-state index in [0.717, 1.165) is 0 Å². The first kappa shape index (κ1) is 7.73. The summed E-state index contributed by atoms with van der Waals surface area (Å²) < 4.78 is 4.86. The van der Waals surface area contributed by atoms with Gasteiger partial charge in [0, 0.05) is 6.92 Å². The largest absolute Gasteiger partial charge is 0.340 e. The molecular weight excluding hydrogens is 154 g/mol. The van der Waals surface area contributed by atoms with Crippen LogP contribution in [0.2, 0.25) is 0 Å². The van der Waals surface area contributed by atoms with Crippen LogP contribution in [0.15, 0.2) is 4.52 Å². The molecule has 66 valence electrons. The first-order valence-electron chi connectivity index (χ1n) is 4.33. The van der Waals surface area contributed by atoms with Gasteiger partial charge in [-0.1, -0.05) is 11.6 Å². The van der Waals surface area contributed by atoms with Gasteiger partial charge in [-0.25, -0.2) is 0 Å². The van der Waals surface area contributed by atoms with Crippen LogP contribution in [0.1, 0.15) is 37.0 Å². The Morgan fingerprint density at radius 3 is 2.75 bits per heavy atom. The molecule has 0 spiro atoms. The smallest absolute Gasteiger partial charge is 0.223 e. The maximum atomic E-state index is 5.93. The molecule has 2 rings (SSSR count). The van der Waals surface area contributed by atoms with Crippen molar-refractivity contribution < 1.29 is 4.52 Å². The Hall–Kier alpha value is -0.900. The molecular formula is C8H13N3O. The number of hydrogen-bond donors (Lipinski definition) is 1. The normalized spacial score (nSPS) is 20.5. The minimum absolute atomic E-state index is 0.0174. The standard InChI is InChI=1S/C8H13N3O/c1-5-10-8(11-12-5)7(9)6-3-2-4-6/h6-7H,2-4,9H2,1H3. The highest BCUT2D eigenvalue weighted by atomic mass is 16.5. The van der Waals surface area contributed by atoms with E-state index in [0.29, 0.717) is 17.6 Å². The maximum absolute atomic E-state index is 5.93. The Morgan fingerprint density at radius 1 is 1.58 bits per heavy atom. The summed E-state index contributed by atoms with van der Waals surface area (Å²) in [7, 11) is 0. The molecule has 0 amide bonds. The predicted molar refractivity (Wildman–Crippen MR) is 43.3 cm³/mol. The fourth-order valence-corrected chi connectivity index (χ4v) is 1.46. The van der Waals surface area contributed by atoms with Crippen LogP contribution < -0.4 is 5.73 Å². The second-order valence-electron chi connectivity index (χ2n) is 3.39. The van der Waals surface area contributed by atoms with Crippen LogP contribution >= 0.6 is 0 Å². The van der Waals surface area contributed by atoms with E-state index >= 15 is 0 Å². The van der Waals surface area contributed by atoms with Crippen LogP contribution in [-0.2, 0) is 0 Å². The summed E-state index contributed by atoms with van der Waals surface area (Å²) in [5, 5.41) is 3.81. The summed E-state index contributed by atoms with van der Waals surface area (Å²) in [4.78, 5) is 4.11. The SMILES string of the molecule is Cc1nc(C(N)C2CCC2)no1. The molecule has 4 heteroatoms. The first-order chi connectivity index (χ1) is 5.77. The van der Waals surface area contributed by atoms with Gasteiger partial charge in [0.15, 0.2) is 5.82 Å². The second-order valence-corrected chi connectivity index (χ2v) is 3.39. The quantitative estimate of drug-likeness (QED) is 0.718. The summed E-state index contributed by atoms with van der Waals surface area (Å²) in [6.45, 7) is 1.78. The Balaban J connectivity index is 2.08. The molecule has 4 nitrogen and oxygen atoms in total. The minimum atomic E-state index is -0.0174. The van der Waals surface area contributed by atoms with Crippen molar-refractivity contribution in [3.05, 3.63) is 11.7 Å². The lowest BCUT2D eigenvalue weighted by Crippen LogP contribution is -2.27. The van der Waals surface area contributed by atoms with Crippen LogP contribution in [0, 0.1) is 12.8 Å². The Labute approximate surface area is 71.1 Å². The number of rotatable bonds is 2. The molecule has 2 N–H and O–H groups in total. The molecule has 0 bridgehead atoms. The molecule has 1 atom stereocenters. The van der Waals surface area contributed by atoms with Gasteiger partial charge in [-0.2, -0.15) is 4.98 Å². The Morgan fingerprint density at radius 2 is 2.33 bits per heavy atom. The highest BCUT2D eigenvalue weighted by Crippen LogP contribution is 2.34. The average Bonchev–Trinajstić information content (AvgIpc) is 2.31. The van der Waals surface area contributed by atoms with Crippen LogP contribution in [0.25, 0.3) is 0 Å². The fraction of sp³-hybridized carbons (Fsp3) is 0.750. The molecule has 1 aliphatic carbocycles. The molecule has 12 heavy (non-hydrogen) atoms. The zero-order valence-corrected chi connectivity index (χ0v) is 7.16. The third-order valence-electron chi connectivity index (χ3n) is 2.50. The number of nitrogens with two attached hydrogens (primary N) is 1. The molecule has 0 saturated heterocycles.